The Hall–Kier alpha value is -1.74. The van der Waals surface area contributed by atoms with Crippen molar-refractivity contribution < 1.29 is 13.2 Å². The number of nitrogens with zero attached hydrogens (tertiary/aromatic N) is 4. The molecule has 2 aromatic rings. The minimum atomic E-state index is -4.45. The van der Waals surface area contributed by atoms with Crippen LogP contribution in [0.15, 0.2) is 12.4 Å². The number of rotatable bonds is 3. The first-order valence-corrected chi connectivity index (χ1v) is 9.12. The summed E-state index contributed by atoms with van der Waals surface area (Å²) in [6, 6.07) is 0.214. The number of thiazole rings is 1. The fourth-order valence-corrected chi connectivity index (χ4v) is 3.96. The molecule has 2 aromatic heterocycles. The molecule has 1 aliphatic carbocycles. The van der Waals surface area contributed by atoms with Crippen LogP contribution in [0.4, 0.5) is 18.2 Å². The second-order valence-corrected chi connectivity index (χ2v) is 7.55. The number of anilines is 1. The van der Waals surface area contributed by atoms with Crippen molar-refractivity contribution in [3.8, 4) is 11.3 Å². The van der Waals surface area contributed by atoms with E-state index in [4.69, 9.17) is 0 Å². The molecule has 5 nitrogen and oxygen atoms in total. The lowest BCUT2D eigenvalue weighted by Gasteiger charge is -2.32. The maximum absolute atomic E-state index is 13.2. The molecule has 1 saturated carbocycles. The minimum absolute atomic E-state index is 0.214. The fraction of sp³-hybridized carbons (Fsp3) is 0.562. The first kappa shape index (κ1) is 16.7. The van der Waals surface area contributed by atoms with Crippen LogP contribution in [0, 0.1) is 0 Å². The Bertz CT molecular complexity index is 754. The molecule has 0 aromatic carbocycles. The van der Waals surface area contributed by atoms with Crippen molar-refractivity contribution in [2.45, 2.75) is 37.9 Å². The van der Waals surface area contributed by atoms with Gasteiger partial charge in [0.15, 0.2) is 0 Å². The lowest BCUT2D eigenvalue weighted by atomic mass is 10.2. The van der Waals surface area contributed by atoms with Crippen LogP contribution >= 0.6 is 11.3 Å². The van der Waals surface area contributed by atoms with E-state index in [1.165, 1.54) is 0 Å². The Labute approximate surface area is 147 Å². The van der Waals surface area contributed by atoms with E-state index in [-0.39, 0.29) is 6.04 Å². The van der Waals surface area contributed by atoms with Gasteiger partial charge in [-0.05, 0) is 19.8 Å². The molecule has 1 atom stereocenters. The molecular formula is C16H18F3N5S. The topological polar surface area (TPSA) is 53.9 Å². The minimum Gasteiger partial charge on any atom is -0.359 e. The van der Waals surface area contributed by atoms with Gasteiger partial charge in [-0.1, -0.05) is 11.3 Å². The summed E-state index contributed by atoms with van der Waals surface area (Å²) >= 11 is 0.699. The average Bonchev–Trinajstić information content (AvgIpc) is 3.32. The standard InChI is InChI=1S/C16H18F3N5S/c1-9-8-24(5-4-20-9)14-12(23-15(25-14)16(17,18)19)11-6-21-13(22-7-11)10-2-3-10/h6-7,9-10,20H,2-5,8H2,1H3. The highest BCUT2D eigenvalue weighted by Gasteiger charge is 2.37. The lowest BCUT2D eigenvalue weighted by Crippen LogP contribution is -2.49. The number of hydrogen-bond donors (Lipinski definition) is 1. The van der Waals surface area contributed by atoms with E-state index in [1.54, 1.807) is 12.4 Å². The second-order valence-electron chi connectivity index (χ2n) is 6.58. The molecule has 2 aliphatic rings. The molecule has 1 aliphatic heterocycles. The van der Waals surface area contributed by atoms with Gasteiger partial charge in [-0.2, -0.15) is 13.2 Å². The molecule has 25 heavy (non-hydrogen) atoms. The van der Waals surface area contributed by atoms with Crippen molar-refractivity contribution in [1.82, 2.24) is 20.3 Å². The molecule has 4 rings (SSSR count). The number of halogens is 3. The van der Waals surface area contributed by atoms with E-state index in [0.29, 0.717) is 46.6 Å². The summed E-state index contributed by atoms with van der Waals surface area (Å²) in [6.45, 7) is 4.05. The van der Waals surface area contributed by atoms with Gasteiger partial charge in [-0.3, -0.25) is 0 Å². The van der Waals surface area contributed by atoms with Crippen molar-refractivity contribution in [2.75, 3.05) is 24.5 Å². The lowest BCUT2D eigenvalue weighted by molar-refractivity contribution is -0.137. The van der Waals surface area contributed by atoms with Crippen LogP contribution in [0.1, 0.15) is 36.5 Å². The van der Waals surface area contributed by atoms with Crippen molar-refractivity contribution in [1.29, 1.82) is 0 Å². The summed E-state index contributed by atoms with van der Waals surface area (Å²) in [6.07, 6.45) is 0.915. The van der Waals surface area contributed by atoms with Crippen LogP contribution in [0.5, 0.6) is 0 Å². The van der Waals surface area contributed by atoms with Gasteiger partial charge in [0.05, 0.1) is 0 Å². The third kappa shape index (κ3) is 3.48. The molecule has 1 N–H and O–H groups in total. The Morgan fingerprint density at radius 1 is 1.24 bits per heavy atom. The summed E-state index contributed by atoms with van der Waals surface area (Å²) in [5.41, 5.74) is 0.867. The normalized spacial score (nSPS) is 21.6. The van der Waals surface area contributed by atoms with Crippen LogP contribution in [0.3, 0.4) is 0 Å². The summed E-state index contributed by atoms with van der Waals surface area (Å²) in [7, 11) is 0. The third-order valence-electron chi connectivity index (χ3n) is 4.40. The fourth-order valence-electron chi connectivity index (χ4n) is 2.97. The van der Waals surface area contributed by atoms with Gasteiger partial charge < -0.3 is 10.2 Å². The SMILES string of the molecule is CC1CN(c2sc(C(F)(F)F)nc2-c2cnc(C3CC3)nc2)CCN1. The van der Waals surface area contributed by atoms with Gasteiger partial charge >= 0.3 is 6.18 Å². The molecule has 1 unspecified atom stereocenters. The van der Waals surface area contributed by atoms with Crippen LogP contribution in [0.25, 0.3) is 11.3 Å². The predicted molar refractivity (Wildman–Crippen MR) is 89.8 cm³/mol. The van der Waals surface area contributed by atoms with Crippen molar-refractivity contribution in [3.63, 3.8) is 0 Å². The first-order chi connectivity index (χ1) is 11.9. The van der Waals surface area contributed by atoms with Crippen LogP contribution in [-0.4, -0.2) is 40.6 Å². The molecule has 3 heterocycles. The molecule has 9 heteroatoms. The summed E-state index contributed by atoms with van der Waals surface area (Å²) in [5, 5.41) is 3.02. The Balaban J connectivity index is 1.72. The number of nitrogens with one attached hydrogen (secondary N) is 1. The molecule has 0 bridgehead atoms. The van der Waals surface area contributed by atoms with Gasteiger partial charge in [0.25, 0.3) is 0 Å². The van der Waals surface area contributed by atoms with E-state index >= 15 is 0 Å². The van der Waals surface area contributed by atoms with E-state index in [1.807, 2.05) is 11.8 Å². The summed E-state index contributed by atoms with van der Waals surface area (Å²) in [4.78, 5) is 14.5. The summed E-state index contributed by atoms with van der Waals surface area (Å²) < 4.78 is 39.6. The van der Waals surface area contributed by atoms with Crippen LogP contribution in [0.2, 0.25) is 0 Å². The van der Waals surface area contributed by atoms with E-state index < -0.39 is 11.2 Å². The molecule has 1 saturated heterocycles. The third-order valence-corrected chi connectivity index (χ3v) is 5.56. The maximum Gasteiger partial charge on any atom is 0.443 e. The predicted octanol–water partition coefficient (Wildman–Crippen LogP) is 3.29. The van der Waals surface area contributed by atoms with E-state index in [9.17, 15) is 13.2 Å². The largest absolute Gasteiger partial charge is 0.443 e. The maximum atomic E-state index is 13.2. The average molecular weight is 369 g/mol. The van der Waals surface area contributed by atoms with Gasteiger partial charge in [-0.25, -0.2) is 15.0 Å². The second kappa shape index (κ2) is 6.21. The molecule has 2 fully saturated rings. The highest BCUT2D eigenvalue weighted by Crippen LogP contribution is 2.43. The van der Waals surface area contributed by atoms with Gasteiger partial charge in [-0.15, -0.1) is 0 Å². The zero-order chi connectivity index (χ0) is 17.6. The van der Waals surface area contributed by atoms with Gasteiger partial charge in [0, 0.05) is 49.6 Å². The van der Waals surface area contributed by atoms with Crippen molar-refractivity contribution >= 4 is 16.3 Å². The Morgan fingerprint density at radius 3 is 2.56 bits per heavy atom. The van der Waals surface area contributed by atoms with E-state index in [2.05, 4.69) is 20.3 Å². The smallest absolute Gasteiger partial charge is 0.359 e. The van der Waals surface area contributed by atoms with Gasteiger partial charge in [0.1, 0.15) is 16.5 Å². The number of alkyl halides is 3. The van der Waals surface area contributed by atoms with Crippen LogP contribution in [-0.2, 0) is 6.18 Å². The van der Waals surface area contributed by atoms with Crippen LogP contribution < -0.4 is 10.2 Å². The number of piperazine rings is 1. The molecular weight excluding hydrogens is 351 g/mol. The molecule has 0 spiro atoms. The van der Waals surface area contributed by atoms with E-state index in [0.717, 1.165) is 25.2 Å². The number of aromatic nitrogens is 3. The molecule has 134 valence electrons. The quantitative estimate of drug-likeness (QED) is 0.900. The molecule has 0 radical (unpaired) electrons. The molecule has 0 amide bonds. The first-order valence-electron chi connectivity index (χ1n) is 8.30. The zero-order valence-corrected chi connectivity index (χ0v) is 14.5. The highest BCUT2D eigenvalue weighted by molar-refractivity contribution is 7.16. The van der Waals surface area contributed by atoms with Gasteiger partial charge in [0.2, 0.25) is 5.01 Å². The monoisotopic (exact) mass is 369 g/mol. The Kier molecular flexibility index (Phi) is 4.15. The Morgan fingerprint density at radius 2 is 1.96 bits per heavy atom. The van der Waals surface area contributed by atoms with Crippen molar-refractivity contribution in [2.24, 2.45) is 0 Å². The highest BCUT2D eigenvalue weighted by atomic mass is 32.1. The zero-order valence-electron chi connectivity index (χ0n) is 13.7. The number of hydrogen-bond acceptors (Lipinski definition) is 6. The van der Waals surface area contributed by atoms with Crippen molar-refractivity contribution in [3.05, 3.63) is 23.2 Å². The summed E-state index contributed by atoms with van der Waals surface area (Å²) in [5.74, 6) is 1.18.